The molecule has 3 nitrogen and oxygen atoms in total. The number of hydrogen-bond donors (Lipinski definition) is 0. The van der Waals surface area contributed by atoms with Crippen LogP contribution in [0.4, 0.5) is 26.3 Å². The van der Waals surface area contributed by atoms with Crippen LogP contribution in [0.25, 0.3) is 0 Å². The number of rotatable bonds is 7. The van der Waals surface area contributed by atoms with Crippen LogP contribution in [0.2, 0.25) is 12.6 Å². The van der Waals surface area contributed by atoms with Gasteiger partial charge in [-0.15, -0.1) is 0 Å². The van der Waals surface area contributed by atoms with Crippen molar-refractivity contribution in [1.82, 2.24) is 0 Å². The minimum absolute atomic E-state index is 0.210. The van der Waals surface area contributed by atoms with Gasteiger partial charge in [-0.3, -0.25) is 0 Å². The van der Waals surface area contributed by atoms with Crippen LogP contribution in [0.5, 0.6) is 0 Å². The summed E-state index contributed by atoms with van der Waals surface area (Å²) in [5, 5.41) is 0. The van der Waals surface area contributed by atoms with Crippen molar-refractivity contribution in [3.05, 3.63) is 0 Å². The van der Waals surface area contributed by atoms with Crippen LogP contribution in [0.1, 0.15) is 6.42 Å². The van der Waals surface area contributed by atoms with Gasteiger partial charge in [0.1, 0.15) is 19.5 Å². The summed E-state index contributed by atoms with van der Waals surface area (Å²) in [5.74, 6) is 0. The number of alkyl halides is 6. The maximum Gasteiger partial charge on any atom is 0.410 e. The lowest BCUT2D eigenvalue weighted by Gasteiger charge is -2.27. The van der Waals surface area contributed by atoms with Crippen molar-refractivity contribution in [2.24, 2.45) is 0 Å². The fourth-order valence-corrected chi connectivity index (χ4v) is 2.93. The van der Waals surface area contributed by atoms with Gasteiger partial charge in [0.05, 0.1) is 0 Å². The lowest BCUT2D eigenvalue weighted by atomic mass is 10.6. The van der Waals surface area contributed by atoms with E-state index in [0.29, 0.717) is 6.29 Å². The lowest BCUT2D eigenvalue weighted by Crippen LogP contribution is -2.43. The summed E-state index contributed by atoms with van der Waals surface area (Å²) in [6, 6.07) is -0.261. The molecule has 0 amide bonds. The summed E-state index contributed by atoms with van der Waals surface area (Å²) in [4.78, 5) is 10.1. The second-order valence-corrected chi connectivity index (χ2v) is 6.99. The van der Waals surface area contributed by atoms with Gasteiger partial charge in [0.2, 0.25) is 0 Å². The second-order valence-electron chi connectivity index (χ2n) is 3.65. The Morgan fingerprint density at radius 2 is 1.39 bits per heavy atom. The van der Waals surface area contributed by atoms with Gasteiger partial charge in [0.15, 0.2) is 0 Å². The highest BCUT2D eigenvalue weighted by Crippen LogP contribution is 2.24. The van der Waals surface area contributed by atoms with Crippen molar-refractivity contribution in [3.8, 4) is 0 Å². The fraction of sp³-hybridized carbons (Fsp3) is 0.875. The van der Waals surface area contributed by atoms with E-state index in [4.69, 9.17) is 0 Å². The molecule has 0 saturated carbocycles. The molecule has 0 unspecified atom stereocenters. The molecule has 0 heterocycles. The Kier molecular flexibility index (Phi) is 6.30. The number of aldehydes is 1. The first kappa shape index (κ1) is 17.4. The van der Waals surface area contributed by atoms with Gasteiger partial charge in [-0.25, -0.2) is 0 Å². The zero-order valence-corrected chi connectivity index (χ0v) is 10.4. The van der Waals surface area contributed by atoms with E-state index in [1.807, 2.05) is 0 Å². The van der Waals surface area contributed by atoms with Crippen molar-refractivity contribution in [3.63, 3.8) is 0 Å². The maximum absolute atomic E-state index is 11.9. The van der Waals surface area contributed by atoms with Crippen LogP contribution < -0.4 is 0 Å². The molecular weight excluding hydrogens is 286 g/mol. The smallest absolute Gasteiger partial charge is 0.385 e. The Balaban J connectivity index is 4.46. The third kappa shape index (κ3) is 9.42. The normalized spacial score (nSPS) is 13.7. The molecular formula is C8H12F6O3Si. The first-order valence-corrected chi connectivity index (χ1v) is 7.35. The van der Waals surface area contributed by atoms with E-state index >= 15 is 0 Å². The molecule has 0 N–H and O–H groups in total. The molecule has 0 bridgehead atoms. The van der Waals surface area contributed by atoms with Gasteiger partial charge in [-0.2, -0.15) is 26.3 Å². The maximum atomic E-state index is 11.9. The molecule has 0 aromatic rings. The molecule has 10 heteroatoms. The third-order valence-corrected chi connectivity index (χ3v) is 4.51. The van der Waals surface area contributed by atoms with Gasteiger partial charge in [0, 0.05) is 6.42 Å². The quantitative estimate of drug-likeness (QED) is 0.412. The molecule has 0 aliphatic heterocycles. The number of carbonyl (C=O) groups excluding carboxylic acids is 1. The average Bonchev–Trinajstić information content (AvgIpc) is 2.19. The molecule has 0 rings (SSSR count). The van der Waals surface area contributed by atoms with Crippen molar-refractivity contribution < 1.29 is 40.0 Å². The molecule has 18 heavy (non-hydrogen) atoms. The second kappa shape index (κ2) is 6.52. The molecule has 0 aromatic carbocycles. The zero-order valence-electron chi connectivity index (χ0n) is 9.40. The topological polar surface area (TPSA) is 35.5 Å². The average molecular weight is 298 g/mol. The van der Waals surface area contributed by atoms with E-state index in [0.717, 1.165) is 6.55 Å². The minimum Gasteiger partial charge on any atom is -0.385 e. The Labute approximate surface area is 100 Å². The SMILES string of the molecule is C[Si](CCC=O)(OCC(F)(F)F)OCC(F)(F)F. The highest BCUT2D eigenvalue weighted by molar-refractivity contribution is 6.66. The van der Waals surface area contributed by atoms with Gasteiger partial charge < -0.3 is 13.6 Å². The summed E-state index contributed by atoms with van der Waals surface area (Å²) in [6.45, 7) is -2.31. The fourth-order valence-electron chi connectivity index (χ4n) is 0.976. The first-order valence-electron chi connectivity index (χ1n) is 4.82. The predicted octanol–water partition coefficient (Wildman–Crippen LogP) is 2.81. The van der Waals surface area contributed by atoms with Crippen LogP contribution >= 0.6 is 0 Å². The molecule has 0 atom stereocenters. The van der Waals surface area contributed by atoms with Crippen molar-refractivity contribution in [2.75, 3.05) is 13.2 Å². The van der Waals surface area contributed by atoms with Gasteiger partial charge in [-0.1, -0.05) is 0 Å². The van der Waals surface area contributed by atoms with Crippen molar-refractivity contribution in [2.45, 2.75) is 31.4 Å². The molecule has 108 valence electrons. The van der Waals surface area contributed by atoms with E-state index in [1.54, 1.807) is 0 Å². The number of halogens is 6. The van der Waals surface area contributed by atoms with Crippen molar-refractivity contribution in [1.29, 1.82) is 0 Å². The molecule has 0 fully saturated rings. The Hall–Kier alpha value is -0.613. The Morgan fingerprint density at radius 3 is 1.67 bits per heavy atom. The predicted molar refractivity (Wildman–Crippen MR) is 51.1 cm³/mol. The van der Waals surface area contributed by atoms with Gasteiger partial charge in [-0.05, 0) is 12.6 Å². The van der Waals surface area contributed by atoms with E-state index in [9.17, 15) is 31.1 Å². The highest BCUT2D eigenvalue weighted by Gasteiger charge is 2.40. The van der Waals surface area contributed by atoms with Crippen LogP contribution in [-0.2, 0) is 13.6 Å². The lowest BCUT2D eigenvalue weighted by molar-refractivity contribution is -0.171. The number of carbonyl (C=O) groups is 1. The molecule has 0 saturated heterocycles. The molecule has 0 aromatic heterocycles. The van der Waals surface area contributed by atoms with Crippen LogP contribution in [0, 0.1) is 0 Å². The summed E-state index contributed by atoms with van der Waals surface area (Å²) < 4.78 is 80.4. The van der Waals surface area contributed by atoms with Crippen LogP contribution in [-0.4, -0.2) is 40.4 Å². The standard InChI is InChI=1S/C8H12F6O3Si/c1-18(4-2-3-15,16-5-7(9,10)11)17-6-8(12,13)14/h3H,2,4-6H2,1H3. The molecule has 0 radical (unpaired) electrons. The zero-order chi connectivity index (χ0) is 14.4. The van der Waals surface area contributed by atoms with Crippen LogP contribution in [0.3, 0.4) is 0 Å². The minimum atomic E-state index is -4.66. The molecule has 0 aliphatic rings. The summed E-state index contributed by atoms with van der Waals surface area (Å²) in [6.07, 6.45) is -9.13. The monoisotopic (exact) mass is 298 g/mol. The summed E-state index contributed by atoms with van der Waals surface area (Å²) in [7, 11) is -3.66. The van der Waals surface area contributed by atoms with E-state index < -0.39 is 34.1 Å². The van der Waals surface area contributed by atoms with Crippen LogP contribution in [0.15, 0.2) is 0 Å². The highest BCUT2D eigenvalue weighted by atomic mass is 28.4. The first-order chi connectivity index (χ1) is 7.97. The van der Waals surface area contributed by atoms with E-state index in [2.05, 4.69) is 8.85 Å². The summed E-state index contributed by atoms with van der Waals surface area (Å²) in [5.41, 5.74) is 0. The van der Waals surface area contributed by atoms with Gasteiger partial charge in [0.25, 0.3) is 0 Å². The molecule has 0 spiro atoms. The summed E-state index contributed by atoms with van der Waals surface area (Å²) >= 11 is 0. The third-order valence-electron chi connectivity index (χ3n) is 1.80. The van der Waals surface area contributed by atoms with Gasteiger partial charge >= 0.3 is 20.9 Å². The molecule has 0 aliphatic carbocycles. The van der Waals surface area contributed by atoms with E-state index in [-0.39, 0.29) is 12.5 Å². The number of hydrogen-bond acceptors (Lipinski definition) is 3. The van der Waals surface area contributed by atoms with E-state index in [1.165, 1.54) is 0 Å². The Bertz CT molecular complexity index is 247. The Morgan fingerprint density at radius 1 is 1.00 bits per heavy atom. The largest absolute Gasteiger partial charge is 0.410 e. The van der Waals surface area contributed by atoms with Crippen molar-refractivity contribution >= 4 is 14.8 Å².